The number of nitrogens with zero attached hydrogens (tertiary/aromatic N) is 1. The molecule has 0 radical (unpaired) electrons. The fraction of sp³-hybridized carbons (Fsp3) is 0.200. The van der Waals surface area contributed by atoms with E-state index in [-0.39, 0.29) is 9.23 Å². The van der Waals surface area contributed by atoms with Crippen molar-refractivity contribution in [2.45, 2.75) is 17.9 Å². The average Bonchev–Trinajstić information content (AvgIpc) is 3.04. The molecule has 0 unspecified atom stereocenters. The van der Waals surface area contributed by atoms with E-state index in [4.69, 9.17) is 23.2 Å². The van der Waals surface area contributed by atoms with Gasteiger partial charge in [-0.1, -0.05) is 41.4 Å². The van der Waals surface area contributed by atoms with Crippen molar-refractivity contribution < 1.29 is 8.42 Å². The molecule has 126 valence electrons. The molecule has 0 amide bonds. The summed E-state index contributed by atoms with van der Waals surface area (Å²) in [5.74, 6) is 0. The van der Waals surface area contributed by atoms with Crippen molar-refractivity contribution in [2.24, 2.45) is 0 Å². The molecule has 9 heteroatoms. The lowest BCUT2D eigenvalue weighted by Crippen LogP contribution is -2.36. The van der Waals surface area contributed by atoms with Crippen molar-refractivity contribution in [3.63, 3.8) is 0 Å². The Hall–Kier alpha value is -0.570. The van der Waals surface area contributed by atoms with Crippen molar-refractivity contribution in [2.75, 3.05) is 6.54 Å². The zero-order valence-corrected chi connectivity index (χ0v) is 16.9. The highest BCUT2D eigenvalue weighted by molar-refractivity contribution is 9.10. The van der Waals surface area contributed by atoms with Gasteiger partial charge in [0.2, 0.25) is 10.0 Å². The minimum absolute atomic E-state index is 0.0544. The number of aromatic nitrogens is 1. The first-order valence-electron chi connectivity index (χ1n) is 7.11. The normalized spacial score (nSPS) is 15.8. The second kappa shape index (κ2) is 6.00. The maximum atomic E-state index is 13.0. The number of rotatable bonds is 2. The van der Waals surface area contributed by atoms with Crippen molar-refractivity contribution in [1.29, 1.82) is 0 Å². The molecule has 0 atom stereocenters. The van der Waals surface area contributed by atoms with Crippen LogP contribution in [0.2, 0.25) is 8.67 Å². The largest absolute Gasteiger partial charge is 0.357 e. The summed E-state index contributed by atoms with van der Waals surface area (Å²) in [6.45, 7) is 0.704. The van der Waals surface area contributed by atoms with E-state index >= 15 is 0 Å². The van der Waals surface area contributed by atoms with Crippen LogP contribution in [-0.2, 0) is 23.0 Å². The van der Waals surface area contributed by atoms with Crippen LogP contribution in [0, 0.1) is 0 Å². The van der Waals surface area contributed by atoms with Gasteiger partial charge < -0.3 is 4.98 Å². The number of sulfonamides is 1. The summed E-state index contributed by atoms with van der Waals surface area (Å²) in [6.07, 6.45) is 0.658. The van der Waals surface area contributed by atoms with Gasteiger partial charge in [-0.3, -0.25) is 0 Å². The summed E-state index contributed by atoms with van der Waals surface area (Å²) in [5.41, 5.74) is 3.14. The number of nitrogens with one attached hydrogen (secondary N) is 1. The molecule has 0 saturated carbocycles. The van der Waals surface area contributed by atoms with Gasteiger partial charge in [-0.15, -0.1) is 11.3 Å². The fourth-order valence-corrected chi connectivity index (χ4v) is 7.95. The number of hydrogen-bond acceptors (Lipinski definition) is 3. The number of benzene rings is 1. The monoisotopic (exact) mass is 464 g/mol. The Kier molecular flexibility index (Phi) is 4.22. The molecule has 0 saturated heterocycles. The molecule has 0 spiro atoms. The summed E-state index contributed by atoms with van der Waals surface area (Å²) in [5, 5.41) is 1.15. The highest BCUT2D eigenvalue weighted by Gasteiger charge is 2.35. The molecule has 0 aliphatic carbocycles. The first kappa shape index (κ1) is 16.9. The maximum Gasteiger partial charge on any atom is 0.246 e. The standard InChI is InChI=1S/C15H11BrCl2N2O2S2/c16-12-13(15(18)23-14(12)17)24(21,22)20-6-5-9-8-3-1-2-4-10(8)19-11(9)7-20/h1-4,19H,5-7H2. The van der Waals surface area contributed by atoms with Gasteiger partial charge in [0, 0.05) is 23.1 Å². The fourth-order valence-electron chi connectivity index (χ4n) is 3.06. The van der Waals surface area contributed by atoms with Crippen molar-refractivity contribution in [3.8, 4) is 0 Å². The number of para-hydroxylation sites is 1. The van der Waals surface area contributed by atoms with E-state index < -0.39 is 10.0 Å². The van der Waals surface area contributed by atoms with Gasteiger partial charge in [0.1, 0.15) is 13.6 Å². The first-order chi connectivity index (χ1) is 11.4. The maximum absolute atomic E-state index is 13.0. The van der Waals surface area contributed by atoms with Crippen LogP contribution in [0.1, 0.15) is 11.3 Å². The molecular formula is C15H11BrCl2N2O2S2. The number of hydrogen-bond donors (Lipinski definition) is 1. The Morgan fingerprint density at radius 3 is 2.67 bits per heavy atom. The van der Waals surface area contributed by atoms with Crippen LogP contribution in [0.15, 0.2) is 33.6 Å². The van der Waals surface area contributed by atoms with Gasteiger partial charge in [-0.05, 0) is 34.0 Å². The summed E-state index contributed by atoms with van der Waals surface area (Å²) >= 11 is 16.4. The predicted octanol–water partition coefficient (Wildman–Crippen LogP) is 5.05. The van der Waals surface area contributed by atoms with Crippen LogP contribution < -0.4 is 0 Å². The van der Waals surface area contributed by atoms with E-state index in [1.807, 2.05) is 18.2 Å². The number of halogens is 3. The quantitative estimate of drug-likeness (QED) is 0.575. The predicted molar refractivity (Wildman–Crippen MR) is 102 cm³/mol. The molecule has 1 aromatic carbocycles. The van der Waals surface area contributed by atoms with Gasteiger partial charge in [-0.2, -0.15) is 4.31 Å². The molecule has 0 fully saturated rings. The minimum Gasteiger partial charge on any atom is -0.357 e. The molecule has 3 aromatic rings. The zero-order chi connectivity index (χ0) is 17.1. The van der Waals surface area contributed by atoms with E-state index in [9.17, 15) is 8.42 Å². The number of thiophene rings is 1. The third kappa shape index (κ3) is 2.53. The number of H-pyrrole nitrogens is 1. The van der Waals surface area contributed by atoms with Crippen LogP contribution in [0.5, 0.6) is 0 Å². The second-order valence-electron chi connectivity index (χ2n) is 5.51. The Labute approximate surface area is 161 Å². The molecule has 2 aromatic heterocycles. The molecule has 0 bridgehead atoms. The average molecular weight is 466 g/mol. The molecule has 1 aliphatic heterocycles. The van der Waals surface area contributed by atoms with E-state index in [1.165, 1.54) is 9.87 Å². The van der Waals surface area contributed by atoms with E-state index in [0.29, 0.717) is 28.3 Å². The summed E-state index contributed by atoms with van der Waals surface area (Å²) in [7, 11) is -3.72. The summed E-state index contributed by atoms with van der Waals surface area (Å²) in [6, 6.07) is 8.01. The van der Waals surface area contributed by atoms with Gasteiger partial charge in [0.25, 0.3) is 0 Å². The molecule has 3 heterocycles. The lowest BCUT2D eigenvalue weighted by atomic mass is 10.1. The van der Waals surface area contributed by atoms with Crippen molar-refractivity contribution in [1.82, 2.24) is 9.29 Å². The Balaban J connectivity index is 1.76. The van der Waals surface area contributed by atoms with E-state index in [0.717, 1.165) is 27.9 Å². The third-order valence-corrected chi connectivity index (χ3v) is 9.49. The van der Waals surface area contributed by atoms with Gasteiger partial charge in [0.05, 0.1) is 11.0 Å². The minimum atomic E-state index is -3.72. The lowest BCUT2D eigenvalue weighted by molar-refractivity contribution is 0.388. The summed E-state index contributed by atoms with van der Waals surface area (Å²) in [4.78, 5) is 3.38. The topological polar surface area (TPSA) is 53.2 Å². The molecular weight excluding hydrogens is 455 g/mol. The number of fused-ring (bicyclic) bond motifs is 3. The molecule has 4 nitrogen and oxygen atoms in total. The zero-order valence-electron chi connectivity index (χ0n) is 12.1. The molecule has 1 aliphatic rings. The number of aromatic amines is 1. The van der Waals surface area contributed by atoms with Gasteiger partial charge in [0.15, 0.2) is 0 Å². The molecule has 1 N–H and O–H groups in total. The van der Waals surface area contributed by atoms with Crippen molar-refractivity contribution in [3.05, 3.63) is 48.7 Å². The first-order valence-corrected chi connectivity index (χ1v) is 10.9. The van der Waals surface area contributed by atoms with E-state index in [1.54, 1.807) is 0 Å². The van der Waals surface area contributed by atoms with Gasteiger partial charge >= 0.3 is 0 Å². The Bertz CT molecular complexity index is 1060. The van der Waals surface area contributed by atoms with Gasteiger partial charge in [-0.25, -0.2) is 8.42 Å². The van der Waals surface area contributed by atoms with Crippen LogP contribution in [-0.4, -0.2) is 24.3 Å². The van der Waals surface area contributed by atoms with Crippen LogP contribution in [0.4, 0.5) is 0 Å². The highest BCUT2D eigenvalue weighted by Crippen LogP contribution is 2.44. The summed E-state index contributed by atoms with van der Waals surface area (Å²) < 4.78 is 28.3. The van der Waals surface area contributed by atoms with Crippen LogP contribution in [0.3, 0.4) is 0 Å². The van der Waals surface area contributed by atoms with Crippen LogP contribution >= 0.6 is 50.5 Å². The van der Waals surface area contributed by atoms with E-state index in [2.05, 4.69) is 27.0 Å². The Morgan fingerprint density at radius 2 is 1.96 bits per heavy atom. The smallest absolute Gasteiger partial charge is 0.246 e. The Morgan fingerprint density at radius 1 is 1.21 bits per heavy atom. The third-order valence-electron chi connectivity index (χ3n) is 4.18. The molecule has 24 heavy (non-hydrogen) atoms. The highest BCUT2D eigenvalue weighted by atomic mass is 79.9. The van der Waals surface area contributed by atoms with Crippen LogP contribution in [0.25, 0.3) is 10.9 Å². The van der Waals surface area contributed by atoms with Crippen molar-refractivity contribution >= 4 is 71.4 Å². The SMILES string of the molecule is O=S(=O)(c1c(Cl)sc(Cl)c1Br)N1CCc2c([nH]c3ccccc23)C1. The molecule has 4 rings (SSSR count). The lowest BCUT2D eigenvalue weighted by Gasteiger charge is -2.26. The second-order valence-corrected chi connectivity index (χ2v) is 10.4.